The number of amides is 2. The van der Waals surface area contributed by atoms with Gasteiger partial charge in [0, 0.05) is 35.0 Å². The number of nitrogens with one attached hydrogen (secondary N) is 2. The van der Waals surface area contributed by atoms with Gasteiger partial charge in [-0.05, 0) is 43.2 Å². The molecule has 32 heavy (non-hydrogen) atoms. The molecule has 0 aliphatic carbocycles. The van der Waals surface area contributed by atoms with Crippen molar-refractivity contribution in [3.63, 3.8) is 0 Å². The van der Waals surface area contributed by atoms with Crippen LogP contribution in [0.5, 0.6) is 0 Å². The third-order valence-electron chi connectivity index (χ3n) is 5.22. The molecule has 0 radical (unpaired) electrons. The Morgan fingerprint density at radius 1 is 0.969 bits per heavy atom. The monoisotopic (exact) mass is 430 g/mol. The highest BCUT2D eigenvalue weighted by Crippen LogP contribution is 2.24. The minimum atomic E-state index is -0.486. The number of hydrogen-bond donors (Lipinski definition) is 2. The van der Waals surface area contributed by atoms with E-state index in [0.717, 1.165) is 17.4 Å². The number of para-hydroxylation sites is 1. The third kappa shape index (κ3) is 4.54. The van der Waals surface area contributed by atoms with Crippen LogP contribution in [-0.4, -0.2) is 31.1 Å². The van der Waals surface area contributed by atoms with Gasteiger partial charge in [0.1, 0.15) is 18.7 Å². The fraction of sp³-hybridized carbons (Fsp3) is 0.250. The standard InChI is InChI=1S/C24H26N6O2/c1-16(2)12-29-13-21(20-6-4-5-7-22(20)29)24(32)28-19-10-8-18(9-11-19)27-23(31)17(3)30-15-25-14-26-30/h4-11,13-17H,12H2,1-3H3,(H,27,31)(H,28,32). The van der Waals surface area contributed by atoms with Gasteiger partial charge in [-0.3, -0.25) is 9.59 Å². The minimum absolute atomic E-state index is 0.166. The average Bonchev–Trinajstić information content (AvgIpc) is 3.43. The molecule has 1 unspecified atom stereocenters. The molecule has 2 aromatic carbocycles. The van der Waals surface area contributed by atoms with Crippen molar-refractivity contribution < 1.29 is 9.59 Å². The third-order valence-corrected chi connectivity index (χ3v) is 5.22. The molecule has 0 saturated carbocycles. The van der Waals surface area contributed by atoms with Crippen LogP contribution in [0.25, 0.3) is 10.9 Å². The summed E-state index contributed by atoms with van der Waals surface area (Å²) in [4.78, 5) is 29.3. The molecule has 4 aromatic rings. The van der Waals surface area contributed by atoms with E-state index in [-0.39, 0.29) is 11.8 Å². The van der Waals surface area contributed by atoms with Crippen molar-refractivity contribution in [1.29, 1.82) is 0 Å². The fourth-order valence-corrected chi connectivity index (χ4v) is 3.59. The number of aromatic nitrogens is 4. The van der Waals surface area contributed by atoms with Gasteiger partial charge >= 0.3 is 0 Å². The van der Waals surface area contributed by atoms with Crippen molar-refractivity contribution in [1.82, 2.24) is 19.3 Å². The van der Waals surface area contributed by atoms with Gasteiger partial charge in [-0.1, -0.05) is 32.0 Å². The normalized spacial score (nSPS) is 12.1. The van der Waals surface area contributed by atoms with Crippen LogP contribution >= 0.6 is 0 Å². The van der Waals surface area contributed by atoms with Gasteiger partial charge in [0.25, 0.3) is 5.91 Å². The molecule has 2 amide bonds. The van der Waals surface area contributed by atoms with Crippen molar-refractivity contribution in [2.75, 3.05) is 10.6 Å². The Balaban J connectivity index is 1.46. The molecule has 0 saturated heterocycles. The van der Waals surface area contributed by atoms with E-state index in [2.05, 4.69) is 39.1 Å². The summed E-state index contributed by atoms with van der Waals surface area (Å²) in [5, 5.41) is 10.7. The minimum Gasteiger partial charge on any atom is -0.346 e. The largest absolute Gasteiger partial charge is 0.346 e. The first-order chi connectivity index (χ1) is 15.4. The molecule has 0 aliphatic rings. The number of carbonyl (C=O) groups is 2. The fourth-order valence-electron chi connectivity index (χ4n) is 3.59. The SMILES string of the molecule is CC(C)Cn1cc(C(=O)Nc2ccc(NC(=O)C(C)n3cncn3)cc2)c2ccccc21. The lowest BCUT2D eigenvalue weighted by molar-refractivity contribution is -0.119. The van der Waals surface area contributed by atoms with Gasteiger partial charge in [-0.2, -0.15) is 5.10 Å². The van der Waals surface area contributed by atoms with E-state index in [9.17, 15) is 9.59 Å². The van der Waals surface area contributed by atoms with Crippen molar-refractivity contribution in [2.45, 2.75) is 33.4 Å². The summed E-state index contributed by atoms with van der Waals surface area (Å²) in [6.07, 6.45) is 4.81. The zero-order valence-corrected chi connectivity index (χ0v) is 18.3. The summed E-state index contributed by atoms with van der Waals surface area (Å²) in [7, 11) is 0. The van der Waals surface area contributed by atoms with E-state index >= 15 is 0 Å². The summed E-state index contributed by atoms with van der Waals surface area (Å²) in [5.41, 5.74) is 2.97. The smallest absolute Gasteiger partial charge is 0.257 e. The van der Waals surface area contributed by atoms with E-state index in [0.29, 0.717) is 22.9 Å². The molecule has 1 atom stereocenters. The summed E-state index contributed by atoms with van der Waals surface area (Å²) < 4.78 is 3.61. The van der Waals surface area contributed by atoms with E-state index in [1.54, 1.807) is 31.2 Å². The van der Waals surface area contributed by atoms with Crippen molar-refractivity contribution in [3.05, 3.63) is 72.9 Å². The number of nitrogens with zero attached hydrogens (tertiary/aromatic N) is 4. The van der Waals surface area contributed by atoms with Crippen LogP contribution in [0.15, 0.2) is 67.4 Å². The second-order valence-electron chi connectivity index (χ2n) is 8.18. The van der Waals surface area contributed by atoms with Gasteiger partial charge in [0.2, 0.25) is 5.91 Å². The molecule has 0 aliphatic heterocycles. The first-order valence-corrected chi connectivity index (χ1v) is 10.6. The highest BCUT2D eigenvalue weighted by atomic mass is 16.2. The molecular formula is C24H26N6O2. The number of carbonyl (C=O) groups excluding carboxylic acids is 2. The van der Waals surface area contributed by atoms with Crippen LogP contribution in [0.4, 0.5) is 11.4 Å². The predicted molar refractivity (Wildman–Crippen MR) is 125 cm³/mol. The lowest BCUT2D eigenvalue weighted by atomic mass is 10.1. The molecule has 2 aromatic heterocycles. The van der Waals surface area contributed by atoms with Crippen LogP contribution in [-0.2, 0) is 11.3 Å². The van der Waals surface area contributed by atoms with Gasteiger partial charge < -0.3 is 15.2 Å². The lowest BCUT2D eigenvalue weighted by Crippen LogP contribution is -2.24. The van der Waals surface area contributed by atoms with E-state index in [1.165, 1.54) is 17.3 Å². The quantitative estimate of drug-likeness (QED) is 0.456. The first kappa shape index (κ1) is 21.3. The molecule has 8 nitrogen and oxygen atoms in total. The van der Waals surface area contributed by atoms with Gasteiger partial charge in [-0.25, -0.2) is 9.67 Å². The molecule has 164 valence electrons. The second-order valence-corrected chi connectivity index (χ2v) is 8.18. The van der Waals surface area contributed by atoms with E-state index in [1.807, 2.05) is 30.5 Å². The van der Waals surface area contributed by atoms with Crippen LogP contribution in [0.3, 0.4) is 0 Å². The number of rotatable bonds is 7. The second kappa shape index (κ2) is 9.05. The predicted octanol–water partition coefficient (Wildman–Crippen LogP) is 4.34. The topological polar surface area (TPSA) is 93.8 Å². The van der Waals surface area contributed by atoms with Crippen molar-refractivity contribution in [2.24, 2.45) is 5.92 Å². The Morgan fingerprint density at radius 3 is 2.31 bits per heavy atom. The highest BCUT2D eigenvalue weighted by molar-refractivity contribution is 6.13. The zero-order valence-electron chi connectivity index (χ0n) is 18.3. The molecule has 8 heteroatoms. The van der Waals surface area contributed by atoms with Crippen molar-refractivity contribution >= 4 is 34.1 Å². The maximum atomic E-state index is 13.0. The van der Waals surface area contributed by atoms with Crippen LogP contribution in [0.1, 0.15) is 37.2 Å². The molecule has 2 heterocycles. The zero-order chi connectivity index (χ0) is 22.7. The van der Waals surface area contributed by atoms with Gasteiger partial charge in [0.15, 0.2) is 0 Å². The molecular weight excluding hydrogens is 404 g/mol. The Morgan fingerprint density at radius 2 is 1.66 bits per heavy atom. The maximum Gasteiger partial charge on any atom is 0.257 e. The summed E-state index contributed by atoms with van der Waals surface area (Å²) in [6, 6.07) is 14.5. The van der Waals surface area contributed by atoms with Crippen molar-refractivity contribution in [3.8, 4) is 0 Å². The number of fused-ring (bicyclic) bond motifs is 1. The Bertz CT molecular complexity index is 1230. The lowest BCUT2D eigenvalue weighted by Gasteiger charge is -2.12. The number of anilines is 2. The number of hydrogen-bond acceptors (Lipinski definition) is 4. The van der Waals surface area contributed by atoms with E-state index in [4.69, 9.17) is 0 Å². The Labute approximate surface area is 186 Å². The first-order valence-electron chi connectivity index (χ1n) is 10.6. The Hall–Kier alpha value is -3.94. The molecule has 0 spiro atoms. The average molecular weight is 431 g/mol. The molecule has 2 N–H and O–H groups in total. The Kier molecular flexibility index (Phi) is 6.02. The van der Waals surface area contributed by atoms with Gasteiger partial charge in [0.05, 0.1) is 5.56 Å². The molecule has 0 fully saturated rings. The van der Waals surface area contributed by atoms with Gasteiger partial charge in [-0.15, -0.1) is 0 Å². The summed E-state index contributed by atoms with van der Waals surface area (Å²) in [6.45, 7) is 6.90. The van der Waals surface area contributed by atoms with Crippen LogP contribution in [0, 0.1) is 5.92 Å². The summed E-state index contributed by atoms with van der Waals surface area (Å²) in [5.74, 6) is 0.0993. The summed E-state index contributed by atoms with van der Waals surface area (Å²) >= 11 is 0. The molecule has 0 bridgehead atoms. The number of benzene rings is 2. The highest BCUT2D eigenvalue weighted by Gasteiger charge is 2.17. The van der Waals surface area contributed by atoms with E-state index < -0.39 is 6.04 Å². The van der Waals surface area contributed by atoms with Crippen LogP contribution < -0.4 is 10.6 Å². The van der Waals surface area contributed by atoms with Crippen LogP contribution in [0.2, 0.25) is 0 Å². The maximum absolute atomic E-state index is 13.0. The molecule has 4 rings (SSSR count).